The molecule has 2 unspecified atom stereocenters. The molecule has 1 heterocycles. The van der Waals surface area contributed by atoms with Crippen LogP contribution in [0.25, 0.3) is 0 Å². The molecule has 0 amide bonds. The summed E-state index contributed by atoms with van der Waals surface area (Å²) in [5, 5.41) is 21.4. The van der Waals surface area contributed by atoms with Crippen molar-refractivity contribution in [1.29, 1.82) is 10.5 Å². The second kappa shape index (κ2) is 6.16. The van der Waals surface area contributed by atoms with E-state index in [2.05, 4.69) is 17.5 Å². The van der Waals surface area contributed by atoms with Crippen molar-refractivity contribution in [2.75, 3.05) is 13.2 Å². The van der Waals surface area contributed by atoms with Gasteiger partial charge in [-0.15, -0.1) is 0 Å². The summed E-state index contributed by atoms with van der Waals surface area (Å²) in [6, 6.07) is 11.0. The van der Waals surface area contributed by atoms with Crippen LogP contribution in [-0.4, -0.2) is 19.3 Å². The van der Waals surface area contributed by atoms with E-state index in [1.54, 1.807) is 12.1 Å². The van der Waals surface area contributed by atoms with Gasteiger partial charge in [0, 0.05) is 18.7 Å². The smallest absolute Gasteiger partial charge is 0.122 e. The first-order valence-corrected chi connectivity index (χ1v) is 6.09. The first kappa shape index (κ1) is 12.6. The van der Waals surface area contributed by atoms with E-state index in [-0.39, 0.29) is 6.10 Å². The predicted octanol–water partition coefficient (Wildman–Crippen LogP) is 1.89. The molecule has 2 rings (SSSR count). The number of benzene rings is 1. The van der Waals surface area contributed by atoms with Crippen molar-refractivity contribution in [2.45, 2.75) is 25.0 Å². The molecule has 1 aromatic carbocycles. The monoisotopic (exact) mass is 241 g/mol. The van der Waals surface area contributed by atoms with Gasteiger partial charge in [0.1, 0.15) is 6.04 Å². The van der Waals surface area contributed by atoms with Crippen molar-refractivity contribution in [1.82, 2.24) is 5.32 Å². The number of rotatable bonds is 4. The highest BCUT2D eigenvalue weighted by Gasteiger charge is 2.19. The molecule has 92 valence electrons. The summed E-state index contributed by atoms with van der Waals surface area (Å²) in [6.45, 7) is 1.45. The minimum Gasteiger partial charge on any atom is -0.377 e. The normalized spacial score (nSPS) is 20.0. The Bertz CT molecular complexity index is 481. The van der Waals surface area contributed by atoms with E-state index < -0.39 is 6.04 Å². The SMILES string of the molecule is N#Cc1ccccc1C(C#N)NCC1CCCO1. The van der Waals surface area contributed by atoms with Crippen LogP contribution in [0.1, 0.15) is 30.0 Å². The molecule has 4 nitrogen and oxygen atoms in total. The Kier molecular flexibility index (Phi) is 4.30. The molecule has 1 fully saturated rings. The molecule has 0 spiro atoms. The van der Waals surface area contributed by atoms with E-state index in [0.29, 0.717) is 12.1 Å². The van der Waals surface area contributed by atoms with Crippen molar-refractivity contribution in [3.63, 3.8) is 0 Å². The topological polar surface area (TPSA) is 68.8 Å². The van der Waals surface area contributed by atoms with Gasteiger partial charge in [-0.25, -0.2) is 0 Å². The number of hydrogen-bond donors (Lipinski definition) is 1. The molecule has 4 heteroatoms. The minimum absolute atomic E-state index is 0.190. The third-order valence-electron chi connectivity index (χ3n) is 3.09. The zero-order valence-electron chi connectivity index (χ0n) is 10.1. The Hall–Kier alpha value is -1.88. The Morgan fingerprint density at radius 1 is 1.39 bits per heavy atom. The lowest BCUT2D eigenvalue weighted by molar-refractivity contribution is 0.109. The van der Waals surface area contributed by atoms with Gasteiger partial charge in [-0.05, 0) is 18.9 Å². The van der Waals surface area contributed by atoms with Crippen LogP contribution >= 0.6 is 0 Å². The van der Waals surface area contributed by atoms with E-state index >= 15 is 0 Å². The third kappa shape index (κ3) is 2.87. The average Bonchev–Trinajstić information content (AvgIpc) is 2.93. The number of nitrogens with one attached hydrogen (secondary N) is 1. The highest BCUT2D eigenvalue weighted by atomic mass is 16.5. The van der Waals surface area contributed by atoms with Gasteiger partial charge < -0.3 is 4.74 Å². The summed E-state index contributed by atoms with van der Waals surface area (Å²) in [4.78, 5) is 0. The summed E-state index contributed by atoms with van der Waals surface area (Å²) >= 11 is 0. The van der Waals surface area contributed by atoms with E-state index in [1.165, 1.54) is 0 Å². The van der Waals surface area contributed by atoms with Crippen LogP contribution in [0, 0.1) is 22.7 Å². The first-order valence-electron chi connectivity index (χ1n) is 6.09. The first-order chi connectivity index (χ1) is 8.85. The fourth-order valence-electron chi connectivity index (χ4n) is 2.13. The summed E-state index contributed by atoms with van der Waals surface area (Å²) in [5.74, 6) is 0. The maximum absolute atomic E-state index is 9.21. The average molecular weight is 241 g/mol. The standard InChI is InChI=1S/C14H15N3O/c15-8-11-4-1-2-6-13(11)14(9-16)17-10-12-5-3-7-18-12/h1-2,4,6,12,14,17H,3,5,7,10H2. The Morgan fingerprint density at radius 3 is 2.89 bits per heavy atom. The van der Waals surface area contributed by atoms with Crippen LogP contribution in [0.5, 0.6) is 0 Å². The van der Waals surface area contributed by atoms with Crippen LogP contribution < -0.4 is 5.32 Å². The van der Waals surface area contributed by atoms with Gasteiger partial charge in [0.25, 0.3) is 0 Å². The molecule has 1 aliphatic rings. The zero-order valence-corrected chi connectivity index (χ0v) is 10.1. The summed E-state index contributed by atoms with van der Waals surface area (Å²) in [7, 11) is 0. The van der Waals surface area contributed by atoms with E-state index in [9.17, 15) is 5.26 Å². The molecule has 1 aliphatic heterocycles. The Balaban J connectivity index is 2.04. The third-order valence-corrected chi connectivity index (χ3v) is 3.09. The number of hydrogen-bond acceptors (Lipinski definition) is 4. The van der Waals surface area contributed by atoms with Gasteiger partial charge in [-0.1, -0.05) is 18.2 Å². The van der Waals surface area contributed by atoms with Crippen LogP contribution in [0.3, 0.4) is 0 Å². The number of nitrogens with zero attached hydrogens (tertiary/aromatic N) is 2. The number of ether oxygens (including phenoxy) is 1. The fourth-order valence-corrected chi connectivity index (χ4v) is 2.13. The van der Waals surface area contributed by atoms with Crippen LogP contribution in [0.15, 0.2) is 24.3 Å². The lowest BCUT2D eigenvalue weighted by Gasteiger charge is -2.16. The quantitative estimate of drug-likeness (QED) is 0.874. The zero-order chi connectivity index (χ0) is 12.8. The molecule has 0 radical (unpaired) electrons. The van der Waals surface area contributed by atoms with Gasteiger partial charge in [-0.2, -0.15) is 10.5 Å². The molecule has 0 saturated carbocycles. The largest absolute Gasteiger partial charge is 0.377 e. The molecule has 0 aliphatic carbocycles. The lowest BCUT2D eigenvalue weighted by atomic mass is 10.0. The fraction of sp³-hybridized carbons (Fsp3) is 0.429. The molecule has 1 N–H and O–H groups in total. The molecule has 1 saturated heterocycles. The second-order valence-corrected chi connectivity index (χ2v) is 4.30. The van der Waals surface area contributed by atoms with Gasteiger partial charge in [0.15, 0.2) is 0 Å². The van der Waals surface area contributed by atoms with Gasteiger partial charge >= 0.3 is 0 Å². The second-order valence-electron chi connectivity index (χ2n) is 4.30. The highest BCUT2D eigenvalue weighted by molar-refractivity contribution is 5.41. The molecule has 18 heavy (non-hydrogen) atoms. The van der Waals surface area contributed by atoms with Crippen molar-refractivity contribution in [3.8, 4) is 12.1 Å². The Morgan fingerprint density at radius 2 is 2.22 bits per heavy atom. The summed E-state index contributed by atoms with van der Waals surface area (Å²) in [5.41, 5.74) is 1.28. The lowest BCUT2D eigenvalue weighted by Crippen LogP contribution is -2.29. The summed E-state index contributed by atoms with van der Waals surface area (Å²) < 4.78 is 5.50. The maximum atomic E-state index is 9.21. The highest BCUT2D eigenvalue weighted by Crippen LogP contribution is 2.18. The van der Waals surface area contributed by atoms with Crippen LogP contribution in [0.2, 0.25) is 0 Å². The Labute approximate surface area is 107 Å². The van der Waals surface area contributed by atoms with Crippen LogP contribution in [0.4, 0.5) is 0 Å². The van der Waals surface area contributed by atoms with Gasteiger partial charge in [-0.3, -0.25) is 5.32 Å². The van der Waals surface area contributed by atoms with Crippen molar-refractivity contribution in [3.05, 3.63) is 35.4 Å². The molecule has 2 atom stereocenters. The van der Waals surface area contributed by atoms with E-state index in [0.717, 1.165) is 25.0 Å². The maximum Gasteiger partial charge on any atom is 0.122 e. The van der Waals surface area contributed by atoms with E-state index in [1.807, 2.05) is 12.1 Å². The van der Waals surface area contributed by atoms with E-state index in [4.69, 9.17) is 10.00 Å². The molecule has 0 bridgehead atoms. The van der Waals surface area contributed by atoms with Gasteiger partial charge in [0.05, 0.1) is 23.8 Å². The molecular weight excluding hydrogens is 226 g/mol. The van der Waals surface area contributed by atoms with Crippen molar-refractivity contribution in [2.24, 2.45) is 0 Å². The molecule has 0 aromatic heterocycles. The predicted molar refractivity (Wildman–Crippen MR) is 66.5 cm³/mol. The minimum atomic E-state index is -0.454. The summed E-state index contributed by atoms with van der Waals surface area (Å²) in [6.07, 6.45) is 2.30. The molecular formula is C14H15N3O. The van der Waals surface area contributed by atoms with Crippen molar-refractivity contribution < 1.29 is 4.74 Å². The number of nitriles is 2. The van der Waals surface area contributed by atoms with Crippen molar-refractivity contribution >= 4 is 0 Å². The van der Waals surface area contributed by atoms with Crippen LogP contribution in [-0.2, 0) is 4.74 Å². The molecule has 1 aromatic rings. The van der Waals surface area contributed by atoms with Gasteiger partial charge in [0.2, 0.25) is 0 Å².